The zero-order valence-electron chi connectivity index (χ0n) is 17.4. The van der Waals surface area contributed by atoms with Crippen LogP contribution in [0.25, 0.3) is 0 Å². The number of nitrogen functional groups attached to an aromatic ring is 1. The van der Waals surface area contributed by atoms with Gasteiger partial charge in [0, 0.05) is 17.8 Å². The molecule has 7 nitrogen and oxygen atoms in total. The number of nitrogens with one attached hydrogen (secondary N) is 1. The highest BCUT2D eigenvalue weighted by Crippen LogP contribution is 2.31. The van der Waals surface area contributed by atoms with Crippen molar-refractivity contribution < 1.29 is 19.0 Å². The number of likely N-dealkylation sites (N-methyl/N-ethyl adjacent to an activating group) is 1. The highest BCUT2D eigenvalue weighted by molar-refractivity contribution is 7.18. The van der Waals surface area contributed by atoms with Crippen molar-refractivity contribution in [3.8, 4) is 11.5 Å². The summed E-state index contributed by atoms with van der Waals surface area (Å²) in [5.41, 5.74) is 6.75. The number of ether oxygens (including phenoxy) is 1. The molecule has 0 radical (unpaired) electrons. The lowest BCUT2D eigenvalue weighted by atomic mass is 10.1. The summed E-state index contributed by atoms with van der Waals surface area (Å²) >= 11 is 1.08. The Morgan fingerprint density at radius 3 is 2.58 bits per heavy atom. The van der Waals surface area contributed by atoms with Crippen LogP contribution in [-0.4, -0.2) is 47.0 Å². The van der Waals surface area contributed by atoms with Crippen LogP contribution in [0.5, 0.6) is 11.5 Å². The van der Waals surface area contributed by atoms with Crippen LogP contribution < -0.4 is 15.8 Å². The van der Waals surface area contributed by atoms with Gasteiger partial charge >= 0.3 is 0 Å². The summed E-state index contributed by atoms with van der Waals surface area (Å²) in [5, 5.41) is 12.8. The van der Waals surface area contributed by atoms with Gasteiger partial charge in [0.1, 0.15) is 23.1 Å². The molecule has 0 atom stereocenters. The number of aromatic nitrogens is 1. The largest absolute Gasteiger partial charge is 0.505 e. The van der Waals surface area contributed by atoms with Crippen LogP contribution >= 0.6 is 11.3 Å². The molecule has 0 saturated heterocycles. The number of nitrogens with zero attached hydrogens (tertiary/aromatic N) is 2. The second-order valence-electron chi connectivity index (χ2n) is 6.75. The molecule has 4 N–H and O–H groups in total. The average Bonchev–Trinajstić information content (AvgIpc) is 3.13. The fourth-order valence-electron chi connectivity index (χ4n) is 2.92. The lowest BCUT2D eigenvalue weighted by molar-refractivity contribution is 0.104. The SMILES string of the molecule is CCN(CC)CCOc1ccc(Nc2nc(N)c(C(=O)c3ccc(O)c(F)c3)s2)cc1. The van der Waals surface area contributed by atoms with Gasteiger partial charge in [-0.2, -0.15) is 0 Å². The maximum absolute atomic E-state index is 13.6. The molecule has 0 fully saturated rings. The van der Waals surface area contributed by atoms with Gasteiger partial charge in [0.15, 0.2) is 16.7 Å². The van der Waals surface area contributed by atoms with Crippen molar-refractivity contribution >= 4 is 33.8 Å². The number of thiazole rings is 1. The highest BCUT2D eigenvalue weighted by Gasteiger charge is 2.19. The van der Waals surface area contributed by atoms with E-state index in [1.54, 1.807) is 0 Å². The third kappa shape index (κ3) is 5.71. The molecular formula is C22H25FN4O3S. The molecule has 0 aliphatic heterocycles. The molecule has 3 aromatic rings. The Bertz CT molecular complexity index is 1040. The first-order valence-corrected chi connectivity index (χ1v) is 10.7. The van der Waals surface area contributed by atoms with Gasteiger partial charge in [-0.05, 0) is 55.6 Å². The number of anilines is 3. The van der Waals surface area contributed by atoms with E-state index in [0.717, 1.165) is 54.5 Å². The van der Waals surface area contributed by atoms with E-state index in [-0.39, 0.29) is 16.3 Å². The summed E-state index contributed by atoms with van der Waals surface area (Å²) in [6.45, 7) is 7.71. The molecule has 2 aromatic carbocycles. The van der Waals surface area contributed by atoms with Crippen molar-refractivity contribution in [3.05, 3.63) is 58.7 Å². The van der Waals surface area contributed by atoms with E-state index in [1.807, 2.05) is 24.3 Å². The Morgan fingerprint density at radius 2 is 1.94 bits per heavy atom. The van der Waals surface area contributed by atoms with Crippen LogP contribution in [0.4, 0.5) is 21.0 Å². The summed E-state index contributed by atoms with van der Waals surface area (Å²) in [5.74, 6) is -1.02. The molecule has 31 heavy (non-hydrogen) atoms. The second-order valence-corrected chi connectivity index (χ2v) is 7.75. The number of halogens is 1. The number of nitrogens with two attached hydrogens (primary N) is 1. The Balaban J connectivity index is 1.63. The van der Waals surface area contributed by atoms with Crippen molar-refractivity contribution in [1.29, 1.82) is 0 Å². The van der Waals surface area contributed by atoms with Gasteiger partial charge in [-0.25, -0.2) is 9.37 Å². The summed E-state index contributed by atoms with van der Waals surface area (Å²) < 4.78 is 19.3. The third-order valence-corrected chi connectivity index (χ3v) is 5.73. The van der Waals surface area contributed by atoms with Gasteiger partial charge in [-0.1, -0.05) is 25.2 Å². The summed E-state index contributed by atoms with van der Waals surface area (Å²) in [6.07, 6.45) is 0. The molecule has 0 bridgehead atoms. The van der Waals surface area contributed by atoms with Gasteiger partial charge in [0.2, 0.25) is 5.78 Å². The number of ketones is 1. The maximum atomic E-state index is 13.6. The van der Waals surface area contributed by atoms with Gasteiger partial charge in [-0.3, -0.25) is 4.79 Å². The average molecular weight is 445 g/mol. The van der Waals surface area contributed by atoms with E-state index in [4.69, 9.17) is 10.5 Å². The molecule has 0 saturated carbocycles. The second kappa shape index (κ2) is 10.2. The number of hydrogen-bond donors (Lipinski definition) is 3. The van der Waals surface area contributed by atoms with Crippen molar-refractivity contribution in [2.24, 2.45) is 0 Å². The first kappa shape index (κ1) is 22.5. The minimum absolute atomic E-state index is 0.0577. The van der Waals surface area contributed by atoms with E-state index in [0.29, 0.717) is 11.7 Å². The summed E-state index contributed by atoms with van der Waals surface area (Å²) in [6, 6.07) is 10.8. The quantitative estimate of drug-likeness (QED) is 0.402. The lowest BCUT2D eigenvalue weighted by Gasteiger charge is -2.18. The van der Waals surface area contributed by atoms with Crippen molar-refractivity contribution in [3.63, 3.8) is 0 Å². The standard InChI is InChI=1S/C22H25FN4O3S/c1-3-27(4-2)11-12-30-16-8-6-15(7-9-16)25-22-26-21(24)20(31-22)19(29)14-5-10-18(28)17(23)13-14/h5-10,13,28H,3-4,11-12,24H2,1-2H3,(H,25,26). The third-order valence-electron chi connectivity index (χ3n) is 4.75. The van der Waals surface area contributed by atoms with Crippen molar-refractivity contribution in [1.82, 2.24) is 9.88 Å². The number of hydrogen-bond acceptors (Lipinski definition) is 8. The molecule has 0 aliphatic carbocycles. The predicted molar refractivity (Wildman–Crippen MR) is 121 cm³/mol. The van der Waals surface area contributed by atoms with E-state index in [1.165, 1.54) is 6.07 Å². The van der Waals surface area contributed by atoms with Gasteiger partial charge in [0.25, 0.3) is 0 Å². The number of carbonyl (C=O) groups excluding carboxylic acids is 1. The molecule has 164 valence electrons. The monoisotopic (exact) mass is 444 g/mol. The van der Waals surface area contributed by atoms with Gasteiger partial charge in [-0.15, -0.1) is 0 Å². The first-order chi connectivity index (χ1) is 14.9. The number of phenolic OH excluding ortho intramolecular Hbond substituents is 1. The molecule has 0 spiro atoms. The van der Waals surface area contributed by atoms with Crippen LogP contribution in [0, 0.1) is 5.82 Å². The number of phenols is 1. The molecular weight excluding hydrogens is 419 g/mol. The van der Waals surface area contributed by atoms with E-state index < -0.39 is 17.3 Å². The van der Waals surface area contributed by atoms with Crippen LogP contribution in [0.1, 0.15) is 29.1 Å². The highest BCUT2D eigenvalue weighted by atomic mass is 32.1. The fraction of sp³-hybridized carbons (Fsp3) is 0.273. The zero-order chi connectivity index (χ0) is 22.4. The fourth-order valence-corrected chi connectivity index (χ4v) is 3.78. The summed E-state index contributed by atoms with van der Waals surface area (Å²) in [7, 11) is 0. The zero-order valence-corrected chi connectivity index (χ0v) is 18.2. The molecule has 9 heteroatoms. The maximum Gasteiger partial charge on any atom is 0.206 e. The number of rotatable bonds is 10. The Hall–Kier alpha value is -3.17. The Morgan fingerprint density at radius 1 is 1.23 bits per heavy atom. The molecule has 1 heterocycles. The minimum Gasteiger partial charge on any atom is -0.505 e. The van der Waals surface area contributed by atoms with Gasteiger partial charge in [0.05, 0.1) is 0 Å². The van der Waals surface area contributed by atoms with Crippen LogP contribution in [0.2, 0.25) is 0 Å². The predicted octanol–water partition coefficient (Wildman–Crippen LogP) is 4.27. The molecule has 1 aromatic heterocycles. The van der Waals surface area contributed by atoms with E-state index in [9.17, 15) is 14.3 Å². The smallest absolute Gasteiger partial charge is 0.206 e. The minimum atomic E-state index is -0.869. The lowest BCUT2D eigenvalue weighted by Crippen LogP contribution is -2.27. The van der Waals surface area contributed by atoms with Crippen LogP contribution in [0.15, 0.2) is 42.5 Å². The van der Waals surface area contributed by atoms with Crippen molar-refractivity contribution in [2.75, 3.05) is 37.3 Å². The van der Waals surface area contributed by atoms with Gasteiger partial charge < -0.3 is 25.8 Å². The first-order valence-electron chi connectivity index (χ1n) is 9.93. The molecule has 0 aliphatic rings. The molecule has 3 rings (SSSR count). The number of aromatic hydroxyl groups is 1. The van der Waals surface area contributed by atoms with Crippen LogP contribution in [0.3, 0.4) is 0 Å². The van der Waals surface area contributed by atoms with E-state index >= 15 is 0 Å². The number of carbonyl (C=O) groups is 1. The van der Waals surface area contributed by atoms with Crippen LogP contribution in [-0.2, 0) is 0 Å². The molecule has 0 amide bonds. The topological polar surface area (TPSA) is 101 Å². The van der Waals surface area contributed by atoms with E-state index in [2.05, 4.69) is 29.0 Å². The summed E-state index contributed by atoms with van der Waals surface area (Å²) in [4.78, 5) is 19.3. The normalized spacial score (nSPS) is 11.0. The Labute approximate surface area is 184 Å². The number of benzene rings is 2. The molecule has 0 unspecified atom stereocenters. The van der Waals surface area contributed by atoms with Crippen molar-refractivity contribution in [2.45, 2.75) is 13.8 Å². The Kier molecular flexibility index (Phi) is 7.43.